The van der Waals surface area contributed by atoms with E-state index in [2.05, 4.69) is 15.1 Å². The Bertz CT molecular complexity index is 745. The zero-order valence-electron chi connectivity index (χ0n) is 17.0. The molecule has 3 heterocycles. The molecule has 1 amide bonds. The van der Waals surface area contributed by atoms with Crippen LogP contribution in [0.3, 0.4) is 0 Å². The number of hydrogen-bond acceptors (Lipinski definition) is 6. The van der Waals surface area contributed by atoms with E-state index in [-0.39, 0.29) is 18.0 Å². The van der Waals surface area contributed by atoms with Crippen molar-refractivity contribution in [1.82, 2.24) is 9.80 Å². The largest absolute Gasteiger partial charge is 0.459 e. The molecule has 3 aliphatic rings. The van der Waals surface area contributed by atoms with Crippen LogP contribution in [0.1, 0.15) is 60.3 Å². The number of hydrogen-bond donors (Lipinski definition) is 1. The standard InChI is InChI=1S/C21H31N3O3S/c1-14(2)27-21(26)19-16-7-3-4-8-17(16)28-20(19)22-18(25)13-23-10-11-24-9-5-6-15(24)12-23/h14-15H,3-13H2,1-2H3,(H,22,25). The first kappa shape index (κ1) is 19.9. The lowest BCUT2D eigenvalue weighted by Crippen LogP contribution is -2.51. The molecule has 4 rings (SSSR count). The molecule has 1 unspecified atom stereocenters. The minimum Gasteiger partial charge on any atom is -0.459 e. The Hall–Kier alpha value is -1.44. The van der Waals surface area contributed by atoms with E-state index in [1.807, 2.05) is 13.8 Å². The summed E-state index contributed by atoms with van der Waals surface area (Å²) in [7, 11) is 0. The van der Waals surface area contributed by atoms with Crippen LogP contribution in [0.2, 0.25) is 0 Å². The monoisotopic (exact) mass is 405 g/mol. The summed E-state index contributed by atoms with van der Waals surface area (Å²) in [6.07, 6.45) is 6.46. The highest BCUT2D eigenvalue weighted by Gasteiger charge is 2.32. The van der Waals surface area contributed by atoms with E-state index in [0.29, 0.717) is 23.2 Å². The van der Waals surface area contributed by atoms with E-state index in [4.69, 9.17) is 4.74 Å². The SMILES string of the molecule is CC(C)OC(=O)c1c(NC(=O)CN2CCN3CCCC3C2)sc2c1CCCC2. The Kier molecular flexibility index (Phi) is 6.04. The van der Waals surface area contributed by atoms with Crippen molar-refractivity contribution < 1.29 is 14.3 Å². The van der Waals surface area contributed by atoms with Gasteiger partial charge in [-0.1, -0.05) is 0 Å². The van der Waals surface area contributed by atoms with Crippen molar-refractivity contribution in [2.75, 3.05) is 38.0 Å². The summed E-state index contributed by atoms with van der Waals surface area (Å²) in [4.78, 5) is 31.5. The van der Waals surface area contributed by atoms with E-state index < -0.39 is 0 Å². The van der Waals surface area contributed by atoms with Gasteiger partial charge >= 0.3 is 5.97 Å². The van der Waals surface area contributed by atoms with E-state index in [0.717, 1.165) is 50.9 Å². The van der Waals surface area contributed by atoms with Gasteiger partial charge in [-0.15, -0.1) is 11.3 Å². The van der Waals surface area contributed by atoms with Crippen molar-refractivity contribution in [3.63, 3.8) is 0 Å². The van der Waals surface area contributed by atoms with Gasteiger partial charge < -0.3 is 10.1 Å². The zero-order chi connectivity index (χ0) is 19.7. The van der Waals surface area contributed by atoms with Crippen molar-refractivity contribution in [3.05, 3.63) is 16.0 Å². The molecule has 1 aromatic rings. The second-order valence-electron chi connectivity index (χ2n) is 8.48. The lowest BCUT2D eigenvalue weighted by molar-refractivity contribution is -0.117. The maximum Gasteiger partial charge on any atom is 0.341 e. The molecule has 2 aliphatic heterocycles. The quantitative estimate of drug-likeness (QED) is 0.764. The molecule has 28 heavy (non-hydrogen) atoms. The van der Waals surface area contributed by atoms with Crippen molar-refractivity contribution in [3.8, 4) is 0 Å². The van der Waals surface area contributed by atoms with Crippen LogP contribution in [0.5, 0.6) is 0 Å². The van der Waals surface area contributed by atoms with Crippen molar-refractivity contribution in [1.29, 1.82) is 0 Å². The van der Waals surface area contributed by atoms with E-state index in [9.17, 15) is 9.59 Å². The minimum absolute atomic E-state index is 0.0244. The Morgan fingerprint density at radius 3 is 2.82 bits per heavy atom. The van der Waals surface area contributed by atoms with Gasteiger partial charge in [-0.25, -0.2) is 4.79 Å². The number of anilines is 1. The molecule has 154 valence electrons. The summed E-state index contributed by atoms with van der Waals surface area (Å²) < 4.78 is 5.48. The van der Waals surface area contributed by atoms with Crippen LogP contribution in [-0.2, 0) is 22.4 Å². The third-order valence-corrected chi connectivity index (χ3v) is 7.22. The lowest BCUT2D eigenvalue weighted by atomic mass is 9.95. The number of aryl methyl sites for hydroxylation is 1. The normalized spacial score (nSPS) is 22.8. The number of carbonyl (C=O) groups excluding carboxylic acids is 2. The molecule has 0 aromatic carbocycles. The van der Waals surface area contributed by atoms with Crippen LogP contribution in [0, 0.1) is 0 Å². The first-order valence-electron chi connectivity index (χ1n) is 10.6. The van der Waals surface area contributed by atoms with Gasteiger partial charge in [0.05, 0.1) is 18.2 Å². The Balaban J connectivity index is 1.45. The maximum absolute atomic E-state index is 12.8. The molecule has 0 spiro atoms. The number of amides is 1. The number of nitrogens with zero attached hydrogens (tertiary/aromatic N) is 2. The van der Waals surface area contributed by atoms with Gasteiger partial charge in [0, 0.05) is 30.6 Å². The minimum atomic E-state index is -0.302. The van der Waals surface area contributed by atoms with E-state index in [1.54, 1.807) is 11.3 Å². The number of ether oxygens (including phenoxy) is 1. The molecule has 6 nitrogen and oxygen atoms in total. The molecule has 1 aromatic heterocycles. The van der Waals surface area contributed by atoms with Gasteiger partial charge in [-0.05, 0) is 64.5 Å². The smallest absolute Gasteiger partial charge is 0.341 e. The predicted molar refractivity (Wildman–Crippen MR) is 111 cm³/mol. The van der Waals surface area contributed by atoms with Crippen LogP contribution in [0.15, 0.2) is 0 Å². The van der Waals surface area contributed by atoms with Crippen LogP contribution in [0.4, 0.5) is 5.00 Å². The third kappa shape index (κ3) is 4.26. The van der Waals surface area contributed by atoms with Gasteiger partial charge in [-0.2, -0.15) is 0 Å². The van der Waals surface area contributed by atoms with E-state index >= 15 is 0 Å². The number of esters is 1. The number of fused-ring (bicyclic) bond motifs is 2. The zero-order valence-corrected chi connectivity index (χ0v) is 17.8. The average molecular weight is 406 g/mol. The molecule has 2 fully saturated rings. The maximum atomic E-state index is 12.8. The summed E-state index contributed by atoms with van der Waals surface area (Å²) in [5.74, 6) is -0.326. The highest BCUT2D eigenvalue weighted by atomic mass is 32.1. The Morgan fingerprint density at radius 2 is 2.00 bits per heavy atom. The summed E-state index contributed by atoms with van der Waals surface area (Å²) in [6, 6.07) is 0.604. The number of nitrogens with one attached hydrogen (secondary N) is 1. The van der Waals surface area contributed by atoms with Gasteiger partial charge in [0.25, 0.3) is 0 Å². The number of carbonyl (C=O) groups is 2. The van der Waals surface area contributed by atoms with Crippen LogP contribution in [-0.4, -0.2) is 66.5 Å². The summed E-state index contributed by atoms with van der Waals surface area (Å²) in [5.41, 5.74) is 1.69. The van der Waals surface area contributed by atoms with Crippen LogP contribution < -0.4 is 5.32 Å². The Labute approximate surface area is 171 Å². The predicted octanol–water partition coefficient (Wildman–Crippen LogP) is 2.91. The topological polar surface area (TPSA) is 61.9 Å². The molecule has 1 atom stereocenters. The molecular formula is C21H31N3O3S. The fraction of sp³-hybridized carbons (Fsp3) is 0.714. The Morgan fingerprint density at radius 1 is 1.18 bits per heavy atom. The van der Waals surface area contributed by atoms with Crippen molar-refractivity contribution >= 4 is 28.2 Å². The molecular weight excluding hydrogens is 374 g/mol. The number of thiophene rings is 1. The van der Waals surface area contributed by atoms with Gasteiger partial charge in [-0.3, -0.25) is 14.6 Å². The molecule has 0 saturated carbocycles. The van der Waals surface area contributed by atoms with Crippen molar-refractivity contribution in [2.45, 2.75) is 64.5 Å². The second-order valence-corrected chi connectivity index (χ2v) is 9.59. The lowest BCUT2D eigenvalue weighted by Gasteiger charge is -2.37. The molecule has 2 saturated heterocycles. The summed E-state index contributed by atoms with van der Waals surface area (Å²) >= 11 is 1.56. The van der Waals surface area contributed by atoms with E-state index in [1.165, 1.54) is 24.3 Å². The molecule has 1 aliphatic carbocycles. The third-order valence-electron chi connectivity index (χ3n) is 6.01. The average Bonchev–Trinajstić information content (AvgIpc) is 3.24. The summed E-state index contributed by atoms with van der Waals surface area (Å²) in [5, 5.41) is 3.73. The highest BCUT2D eigenvalue weighted by Crippen LogP contribution is 2.38. The summed E-state index contributed by atoms with van der Waals surface area (Å²) in [6.45, 7) is 8.27. The van der Waals surface area contributed by atoms with Crippen molar-refractivity contribution in [2.24, 2.45) is 0 Å². The molecule has 0 bridgehead atoms. The number of piperazine rings is 1. The fourth-order valence-corrected chi connectivity index (χ4v) is 6.00. The fourth-order valence-electron chi connectivity index (χ4n) is 4.71. The first-order chi connectivity index (χ1) is 13.5. The number of rotatable bonds is 5. The van der Waals surface area contributed by atoms with Crippen LogP contribution in [0.25, 0.3) is 0 Å². The van der Waals surface area contributed by atoms with Gasteiger partial charge in [0.15, 0.2) is 0 Å². The molecule has 1 N–H and O–H groups in total. The van der Waals surface area contributed by atoms with Crippen LogP contribution >= 0.6 is 11.3 Å². The molecule has 7 heteroatoms. The first-order valence-corrected chi connectivity index (χ1v) is 11.4. The molecule has 0 radical (unpaired) electrons. The van der Waals surface area contributed by atoms with Gasteiger partial charge in [0.1, 0.15) is 5.00 Å². The second kappa shape index (κ2) is 8.51. The van der Waals surface area contributed by atoms with Gasteiger partial charge in [0.2, 0.25) is 5.91 Å². The highest BCUT2D eigenvalue weighted by molar-refractivity contribution is 7.17.